The van der Waals surface area contributed by atoms with Crippen molar-refractivity contribution in [1.29, 1.82) is 0 Å². The number of hydrogen-bond donors (Lipinski definition) is 1. The molecule has 0 aliphatic carbocycles. The molecule has 0 saturated carbocycles. The Morgan fingerprint density at radius 1 is 1.41 bits per heavy atom. The van der Waals surface area contributed by atoms with Gasteiger partial charge < -0.3 is 4.52 Å². The quantitative estimate of drug-likeness (QED) is 0.943. The van der Waals surface area contributed by atoms with Gasteiger partial charge in [0, 0.05) is 22.5 Å². The lowest BCUT2D eigenvalue weighted by Gasteiger charge is -1.95. The molecular weight excluding hydrogens is 284 g/mol. The molecule has 0 radical (unpaired) electrons. The molecule has 1 N–H and O–H groups in total. The molecule has 0 saturated heterocycles. The van der Waals surface area contributed by atoms with Gasteiger partial charge in [0.1, 0.15) is 5.69 Å². The van der Waals surface area contributed by atoms with Crippen LogP contribution < -0.4 is 5.32 Å². The van der Waals surface area contributed by atoms with Gasteiger partial charge in [-0.1, -0.05) is 40.1 Å². The second kappa shape index (κ2) is 5.14. The van der Waals surface area contributed by atoms with E-state index in [4.69, 9.17) is 4.52 Å². The SMILES string of the molecule is CCC(=O)Nc1cc(-c2ccc(Br)cc2)no1. The van der Waals surface area contributed by atoms with Crippen molar-refractivity contribution >= 4 is 27.7 Å². The van der Waals surface area contributed by atoms with E-state index in [0.29, 0.717) is 18.0 Å². The van der Waals surface area contributed by atoms with Crippen molar-refractivity contribution in [3.05, 3.63) is 34.8 Å². The Labute approximate surface area is 107 Å². The van der Waals surface area contributed by atoms with Gasteiger partial charge >= 0.3 is 0 Å². The first-order valence-electron chi connectivity index (χ1n) is 5.21. The largest absolute Gasteiger partial charge is 0.338 e. The highest BCUT2D eigenvalue weighted by Crippen LogP contribution is 2.23. The molecule has 1 aromatic carbocycles. The molecular formula is C12H11BrN2O2. The van der Waals surface area contributed by atoms with E-state index >= 15 is 0 Å². The van der Waals surface area contributed by atoms with Crippen molar-refractivity contribution in [2.24, 2.45) is 0 Å². The molecule has 88 valence electrons. The van der Waals surface area contributed by atoms with Crippen molar-refractivity contribution in [3.8, 4) is 11.3 Å². The van der Waals surface area contributed by atoms with Crippen LogP contribution in [0.5, 0.6) is 0 Å². The van der Waals surface area contributed by atoms with Gasteiger partial charge in [0.05, 0.1) is 0 Å². The van der Waals surface area contributed by atoms with E-state index in [9.17, 15) is 4.79 Å². The Morgan fingerprint density at radius 3 is 2.76 bits per heavy atom. The summed E-state index contributed by atoms with van der Waals surface area (Å²) in [6, 6.07) is 9.40. The number of nitrogens with one attached hydrogen (secondary N) is 1. The topological polar surface area (TPSA) is 55.1 Å². The molecule has 0 unspecified atom stereocenters. The minimum Gasteiger partial charge on any atom is -0.338 e. The molecule has 0 atom stereocenters. The zero-order valence-electron chi connectivity index (χ0n) is 9.24. The molecule has 2 rings (SSSR count). The van der Waals surface area contributed by atoms with Crippen LogP contribution in [-0.4, -0.2) is 11.1 Å². The van der Waals surface area contributed by atoms with Gasteiger partial charge in [0.15, 0.2) is 0 Å². The summed E-state index contributed by atoms with van der Waals surface area (Å²) in [5.74, 6) is 0.276. The van der Waals surface area contributed by atoms with Crippen LogP contribution in [0.25, 0.3) is 11.3 Å². The first-order valence-corrected chi connectivity index (χ1v) is 6.01. The first-order chi connectivity index (χ1) is 8.19. The molecule has 0 spiro atoms. The number of carbonyl (C=O) groups excluding carboxylic acids is 1. The number of rotatable bonds is 3. The van der Waals surface area contributed by atoms with Crippen molar-refractivity contribution in [1.82, 2.24) is 5.16 Å². The monoisotopic (exact) mass is 294 g/mol. The number of amides is 1. The van der Waals surface area contributed by atoms with Gasteiger partial charge in [0.2, 0.25) is 11.8 Å². The zero-order chi connectivity index (χ0) is 12.3. The lowest BCUT2D eigenvalue weighted by molar-refractivity contribution is -0.116. The highest BCUT2D eigenvalue weighted by molar-refractivity contribution is 9.10. The molecule has 0 fully saturated rings. The number of carbonyl (C=O) groups is 1. The summed E-state index contributed by atoms with van der Waals surface area (Å²) in [5, 5.41) is 6.51. The maximum Gasteiger partial charge on any atom is 0.231 e. The van der Waals surface area contributed by atoms with Crippen LogP contribution in [0.1, 0.15) is 13.3 Å². The smallest absolute Gasteiger partial charge is 0.231 e. The second-order valence-electron chi connectivity index (χ2n) is 3.49. The normalized spacial score (nSPS) is 10.2. The molecule has 4 nitrogen and oxygen atoms in total. The third kappa shape index (κ3) is 2.94. The molecule has 0 aliphatic heterocycles. The van der Waals surface area contributed by atoms with E-state index in [1.165, 1.54) is 0 Å². The number of halogens is 1. The summed E-state index contributed by atoms with van der Waals surface area (Å²) in [4.78, 5) is 11.2. The standard InChI is InChI=1S/C12H11BrN2O2/c1-2-11(16)14-12-7-10(15-17-12)8-3-5-9(13)6-4-8/h3-7H,2H2,1H3,(H,14,16). The van der Waals surface area contributed by atoms with Crippen LogP contribution in [0.15, 0.2) is 39.3 Å². The zero-order valence-corrected chi connectivity index (χ0v) is 10.8. The fourth-order valence-corrected chi connectivity index (χ4v) is 1.58. The van der Waals surface area contributed by atoms with E-state index in [0.717, 1.165) is 10.0 Å². The lowest BCUT2D eigenvalue weighted by Crippen LogP contribution is -2.08. The maximum atomic E-state index is 11.2. The minimum absolute atomic E-state index is 0.0940. The van der Waals surface area contributed by atoms with Gasteiger partial charge in [-0.25, -0.2) is 0 Å². The van der Waals surface area contributed by atoms with Crippen LogP contribution in [0.3, 0.4) is 0 Å². The van der Waals surface area contributed by atoms with Gasteiger partial charge in [-0.3, -0.25) is 10.1 Å². The molecule has 17 heavy (non-hydrogen) atoms. The lowest BCUT2D eigenvalue weighted by atomic mass is 10.1. The molecule has 2 aromatic rings. The average molecular weight is 295 g/mol. The van der Waals surface area contributed by atoms with Gasteiger partial charge in [-0.2, -0.15) is 0 Å². The summed E-state index contributed by atoms with van der Waals surface area (Å²) in [6.07, 6.45) is 0.411. The van der Waals surface area contributed by atoms with Crippen LogP contribution in [-0.2, 0) is 4.79 Å². The van der Waals surface area contributed by atoms with Crippen LogP contribution in [0, 0.1) is 0 Å². The van der Waals surface area contributed by atoms with Crippen molar-refractivity contribution in [2.45, 2.75) is 13.3 Å². The van der Waals surface area contributed by atoms with Gasteiger partial charge in [-0.05, 0) is 12.1 Å². The van der Waals surface area contributed by atoms with E-state index < -0.39 is 0 Å². The number of anilines is 1. The minimum atomic E-state index is -0.0940. The van der Waals surface area contributed by atoms with Crippen LogP contribution in [0.2, 0.25) is 0 Å². The van der Waals surface area contributed by atoms with Crippen molar-refractivity contribution in [2.75, 3.05) is 5.32 Å². The Morgan fingerprint density at radius 2 is 2.12 bits per heavy atom. The molecule has 1 heterocycles. The third-order valence-corrected chi connectivity index (χ3v) is 2.76. The summed E-state index contributed by atoms with van der Waals surface area (Å²) in [5.41, 5.74) is 1.64. The van der Waals surface area contributed by atoms with Gasteiger partial charge in [-0.15, -0.1) is 0 Å². The molecule has 5 heteroatoms. The summed E-state index contributed by atoms with van der Waals surface area (Å²) >= 11 is 3.36. The highest BCUT2D eigenvalue weighted by atomic mass is 79.9. The van der Waals surface area contributed by atoms with E-state index in [1.807, 2.05) is 24.3 Å². The third-order valence-electron chi connectivity index (χ3n) is 2.23. The second-order valence-corrected chi connectivity index (χ2v) is 4.40. The van der Waals surface area contributed by atoms with E-state index in [2.05, 4.69) is 26.4 Å². The predicted molar refractivity (Wildman–Crippen MR) is 68.6 cm³/mol. The average Bonchev–Trinajstić information content (AvgIpc) is 2.78. The Kier molecular flexibility index (Phi) is 3.58. The Balaban J connectivity index is 2.18. The number of benzene rings is 1. The fraction of sp³-hybridized carbons (Fsp3) is 0.167. The predicted octanol–water partition coefficient (Wildman–Crippen LogP) is 3.45. The van der Waals surface area contributed by atoms with Gasteiger partial charge in [0.25, 0.3) is 0 Å². The molecule has 0 bridgehead atoms. The summed E-state index contributed by atoms with van der Waals surface area (Å²) < 4.78 is 6.03. The molecule has 1 aromatic heterocycles. The molecule has 0 aliphatic rings. The summed E-state index contributed by atoms with van der Waals surface area (Å²) in [7, 11) is 0. The van der Waals surface area contributed by atoms with E-state index in [1.54, 1.807) is 13.0 Å². The van der Waals surface area contributed by atoms with Crippen LogP contribution >= 0.6 is 15.9 Å². The number of aromatic nitrogens is 1. The number of hydrogen-bond acceptors (Lipinski definition) is 3. The van der Waals surface area contributed by atoms with Crippen molar-refractivity contribution < 1.29 is 9.32 Å². The van der Waals surface area contributed by atoms with Crippen LogP contribution in [0.4, 0.5) is 5.88 Å². The maximum absolute atomic E-state index is 11.2. The van der Waals surface area contributed by atoms with Crippen molar-refractivity contribution in [3.63, 3.8) is 0 Å². The Bertz CT molecular complexity index is 520. The fourth-order valence-electron chi connectivity index (χ4n) is 1.32. The first kappa shape index (κ1) is 11.9. The number of nitrogens with zero attached hydrogens (tertiary/aromatic N) is 1. The van der Waals surface area contributed by atoms with E-state index in [-0.39, 0.29) is 5.91 Å². The highest BCUT2D eigenvalue weighted by Gasteiger charge is 2.08. The summed E-state index contributed by atoms with van der Waals surface area (Å²) in [6.45, 7) is 1.78. The Hall–Kier alpha value is -1.62. The molecule has 1 amide bonds.